The second kappa shape index (κ2) is 4.04. The highest BCUT2D eigenvalue weighted by Gasteiger charge is 2.37. The molecule has 2 fully saturated rings. The average molecular weight is 282 g/mol. The predicted molar refractivity (Wildman–Crippen MR) is 67.3 cm³/mol. The first-order valence-corrected chi connectivity index (χ1v) is 6.73. The average Bonchev–Trinajstić information content (AvgIpc) is 2.85. The van der Waals surface area contributed by atoms with Crippen LogP contribution in [0.1, 0.15) is 24.8 Å². The van der Waals surface area contributed by atoms with Crippen LogP contribution >= 0.6 is 15.9 Å². The van der Waals surface area contributed by atoms with E-state index in [1.54, 1.807) is 6.07 Å². The molecule has 1 aromatic rings. The molecule has 0 amide bonds. The summed E-state index contributed by atoms with van der Waals surface area (Å²) < 4.78 is 0.800. The standard InChI is InChI=1S/C13H16BrNO/c14-12-6-10(2-4-13(12)16)8-15-7-9-1-3-11(15)5-9/h2,4,6,9,11,16H,1,3,5,7-8H2. The Morgan fingerprint density at radius 1 is 1.38 bits per heavy atom. The van der Waals surface area contributed by atoms with E-state index in [-0.39, 0.29) is 0 Å². The van der Waals surface area contributed by atoms with E-state index in [9.17, 15) is 5.11 Å². The van der Waals surface area contributed by atoms with Gasteiger partial charge in [0.1, 0.15) is 5.75 Å². The molecule has 0 spiro atoms. The van der Waals surface area contributed by atoms with Crippen LogP contribution in [0.4, 0.5) is 0 Å². The number of phenolic OH excluding ortho intramolecular Hbond substituents is 1. The van der Waals surface area contributed by atoms with Crippen LogP contribution in [-0.2, 0) is 6.54 Å². The number of piperidine rings is 1. The minimum absolute atomic E-state index is 0.326. The smallest absolute Gasteiger partial charge is 0.129 e. The van der Waals surface area contributed by atoms with Crippen molar-refractivity contribution in [2.45, 2.75) is 31.8 Å². The lowest BCUT2D eigenvalue weighted by Crippen LogP contribution is -2.31. The molecule has 0 aromatic heterocycles. The summed E-state index contributed by atoms with van der Waals surface area (Å²) in [4.78, 5) is 2.59. The van der Waals surface area contributed by atoms with Crippen LogP contribution in [0.5, 0.6) is 5.75 Å². The van der Waals surface area contributed by atoms with Gasteiger partial charge >= 0.3 is 0 Å². The SMILES string of the molecule is Oc1ccc(CN2CC3CCC2C3)cc1Br. The Hall–Kier alpha value is -0.540. The van der Waals surface area contributed by atoms with Crippen molar-refractivity contribution in [3.05, 3.63) is 28.2 Å². The number of halogens is 1. The van der Waals surface area contributed by atoms with Gasteiger partial charge in [-0.2, -0.15) is 0 Å². The lowest BCUT2D eigenvalue weighted by Gasteiger charge is -2.26. The number of nitrogens with zero attached hydrogens (tertiary/aromatic N) is 1. The highest BCUT2D eigenvalue weighted by molar-refractivity contribution is 9.10. The minimum atomic E-state index is 0.326. The maximum Gasteiger partial charge on any atom is 0.129 e. The highest BCUT2D eigenvalue weighted by Crippen LogP contribution is 2.38. The Morgan fingerprint density at radius 3 is 2.88 bits per heavy atom. The zero-order valence-electron chi connectivity index (χ0n) is 9.19. The molecular formula is C13H16BrNO. The molecule has 2 atom stereocenters. The van der Waals surface area contributed by atoms with Crippen molar-refractivity contribution in [1.82, 2.24) is 4.90 Å². The van der Waals surface area contributed by atoms with Crippen molar-refractivity contribution in [2.24, 2.45) is 5.92 Å². The predicted octanol–water partition coefficient (Wildman–Crippen LogP) is 3.14. The van der Waals surface area contributed by atoms with Crippen molar-refractivity contribution < 1.29 is 5.11 Å². The summed E-state index contributed by atoms with van der Waals surface area (Å²) in [5.41, 5.74) is 1.29. The summed E-state index contributed by atoms with van der Waals surface area (Å²) >= 11 is 3.37. The monoisotopic (exact) mass is 281 g/mol. The van der Waals surface area contributed by atoms with Crippen LogP contribution in [0.2, 0.25) is 0 Å². The van der Waals surface area contributed by atoms with Crippen LogP contribution in [0.15, 0.2) is 22.7 Å². The molecule has 2 bridgehead atoms. The zero-order chi connectivity index (χ0) is 11.1. The Balaban J connectivity index is 1.72. The van der Waals surface area contributed by atoms with Crippen LogP contribution in [0.25, 0.3) is 0 Å². The van der Waals surface area contributed by atoms with E-state index in [2.05, 4.69) is 20.8 Å². The van der Waals surface area contributed by atoms with Gasteiger partial charge in [-0.3, -0.25) is 4.90 Å². The Kier molecular flexibility index (Phi) is 2.68. The molecule has 3 heteroatoms. The Morgan fingerprint density at radius 2 is 2.25 bits per heavy atom. The first kappa shape index (κ1) is 10.6. The van der Waals surface area contributed by atoms with Gasteiger partial charge in [-0.15, -0.1) is 0 Å². The van der Waals surface area contributed by atoms with E-state index in [0.29, 0.717) is 5.75 Å². The lowest BCUT2D eigenvalue weighted by molar-refractivity contribution is 0.205. The quantitative estimate of drug-likeness (QED) is 0.900. The van der Waals surface area contributed by atoms with Gasteiger partial charge < -0.3 is 5.11 Å². The normalized spacial score (nSPS) is 28.8. The van der Waals surface area contributed by atoms with E-state index in [0.717, 1.165) is 23.0 Å². The van der Waals surface area contributed by atoms with Crippen LogP contribution < -0.4 is 0 Å². The molecule has 0 radical (unpaired) electrons. The summed E-state index contributed by atoms with van der Waals surface area (Å²) in [6.07, 6.45) is 4.21. The molecule has 2 nitrogen and oxygen atoms in total. The fraction of sp³-hybridized carbons (Fsp3) is 0.538. The number of hydrogen-bond donors (Lipinski definition) is 1. The van der Waals surface area contributed by atoms with Gasteiger partial charge in [0.2, 0.25) is 0 Å². The molecule has 1 aliphatic heterocycles. The minimum Gasteiger partial charge on any atom is -0.507 e. The third-order valence-electron chi connectivity index (χ3n) is 3.92. The first-order valence-electron chi connectivity index (χ1n) is 5.94. The molecule has 1 N–H and O–H groups in total. The molecule has 1 aliphatic carbocycles. The molecule has 1 heterocycles. The lowest BCUT2D eigenvalue weighted by atomic mass is 10.1. The molecule has 1 saturated carbocycles. The van der Waals surface area contributed by atoms with Crippen molar-refractivity contribution in [3.63, 3.8) is 0 Å². The van der Waals surface area contributed by atoms with Gasteiger partial charge in [-0.05, 0) is 58.8 Å². The van der Waals surface area contributed by atoms with E-state index >= 15 is 0 Å². The zero-order valence-corrected chi connectivity index (χ0v) is 10.8. The molecule has 1 aromatic carbocycles. The summed E-state index contributed by atoms with van der Waals surface area (Å²) in [6, 6.07) is 6.64. The number of phenols is 1. The second-order valence-electron chi connectivity index (χ2n) is 5.05. The highest BCUT2D eigenvalue weighted by atomic mass is 79.9. The summed E-state index contributed by atoms with van der Waals surface area (Å²) in [6.45, 7) is 2.29. The molecule has 2 unspecified atom stereocenters. The maximum atomic E-state index is 9.45. The van der Waals surface area contributed by atoms with Crippen molar-refractivity contribution in [3.8, 4) is 5.75 Å². The fourth-order valence-corrected chi connectivity index (χ4v) is 3.53. The van der Waals surface area contributed by atoms with E-state index < -0.39 is 0 Å². The fourth-order valence-electron chi connectivity index (χ4n) is 3.10. The molecule has 3 rings (SSSR count). The number of fused-ring (bicyclic) bond motifs is 2. The molecule has 16 heavy (non-hydrogen) atoms. The summed E-state index contributed by atoms with van der Waals surface area (Å²) in [5, 5.41) is 9.45. The van der Waals surface area contributed by atoms with E-state index in [1.165, 1.54) is 31.4 Å². The first-order chi connectivity index (χ1) is 7.72. The second-order valence-corrected chi connectivity index (χ2v) is 5.90. The topological polar surface area (TPSA) is 23.5 Å². The van der Waals surface area contributed by atoms with Crippen LogP contribution in [0, 0.1) is 5.92 Å². The van der Waals surface area contributed by atoms with Gasteiger partial charge in [-0.25, -0.2) is 0 Å². The number of aromatic hydroxyl groups is 1. The van der Waals surface area contributed by atoms with Crippen molar-refractivity contribution >= 4 is 15.9 Å². The van der Waals surface area contributed by atoms with Gasteiger partial charge in [0.05, 0.1) is 4.47 Å². The molecule has 1 saturated heterocycles. The number of benzene rings is 1. The Labute approximate surface area is 104 Å². The largest absolute Gasteiger partial charge is 0.507 e. The molecule has 2 aliphatic rings. The Bertz CT molecular complexity index is 407. The van der Waals surface area contributed by atoms with E-state index in [1.807, 2.05) is 12.1 Å². The van der Waals surface area contributed by atoms with Gasteiger partial charge in [-0.1, -0.05) is 6.07 Å². The third-order valence-corrected chi connectivity index (χ3v) is 4.56. The van der Waals surface area contributed by atoms with Gasteiger partial charge in [0, 0.05) is 19.1 Å². The number of hydrogen-bond acceptors (Lipinski definition) is 2. The molecule has 86 valence electrons. The number of rotatable bonds is 2. The van der Waals surface area contributed by atoms with Crippen molar-refractivity contribution in [2.75, 3.05) is 6.54 Å². The summed E-state index contributed by atoms with van der Waals surface area (Å²) in [7, 11) is 0. The third kappa shape index (κ3) is 1.87. The maximum absolute atomic E-state index is 9.45. The summed E-state index contributed by atoms with van der Waals surface area (Å²) in [5.74, 6) is 1.28. The van der Waals surface area contributed by atoms with E-state index in [4.69, 9.17) is 0 Å². The van der Waals surface area contributed by atoms with Gasteiger partial charge in [0.25, 0.3) is 0 Å². The number of likely N-dealkylation sites (tertiary alicyclic amines) is 1. The van der Waals surface area contributed by atoms with Gasteiger partial charge in [0.15, 0.2) is 0 Å². The van der Waals surface area contributed by atoms with Crippen LogP contribution in [0.3, 0.4) is 0 Å². The molecular weight excluding hydrogens is 266 g/mol. The van der Waals surface area contributed by atoms with Crippen molar-refractivity contribution in [1.29, 1.82) is 0 Å². The van der Waals surface area contributed by atoms with Crippen LogP contribution in [-0.4, -0.2) is 22.6 Å².